The first-order chi connectivity index (χ1) is 9.60. The Bertz CT molecular complexity index is 589. The van der Waals surface area contributed by atoms with Gasteiger partial charge in [0.15, 0.2) is 0 Å². The van der Waals surface area contributed by atoms with Crippen LogP contribution < -0.4 is 5.32 Å². The zero-order valence-corrected chi connectivity index (χ0v) is 14.2. The predicted molar refractivity (Wildman–Crippen MR) is 87.5 cm³/mol. The van der Waals surface area contributed by atoms with Crippen molar-refractivity contribution in [2.75, 3.05) is 7.05 Å². The average molecular weight is 336 g/mol. The van der Waals surface area contributed by atoms with E-state index >= 15 is 0 Å². The molecule has 0 aliphatic carbocycles. The monoisotopic (exact) mass is 335 g/mol. The first kappa shape index (κ1) is 15.3. The summed E-state index contributed by atoms with van der Waals surface area (Å²) in [6.07, 6.45) is 1.95. The van der Waals surface area contributed by atoms with Gasteiger partial charge in [-0.25, -0.2) is 4.68 Å². The standard InChI is InChI=1S/C16H22BrN3/c1-5-13-10-14(6-2)20(19-13)16-8-7-12(17)9-15(16)11(3)18-4/h7-11,18H,5-6H2,1-4H3. The second-order valence-electron chi connectivity index (χ2n) is 4.96. The average Bonchev–Trinajstić information content (AvgIpc) is 2.89. The van der Waals surface area contributed by atoms with Crippen molar-refractivity contribution in [3.05, 3.63) is 45.7 Å². The number of rotatable bonds is 5. The second kappa shape index (κ2) is 6.55. The molecule has 20 heavy (non-hydrogen) atoms. The SMILES string of the molecule is CCc1cc(CC)n(-c2ccc(Br)cc2C(C)NC)n1. The third kappa shape index (κ3) is 2.96. The highest BCUT2D eigenvalue weighted by atomic mass is 79.9. The maximum Gasteiger partial charge on any atom is 0.0697 e. The van der Waals surface area contributed by atoms with E-state index in [1.165, 1.54) is 11.3 Å². The van der Waals surface area contributed by atoms with Crippen molar-refractivity contribution < 1.29 is 0 Å². The molecule has 1 heterocycles. The summed E-state index contributed by atoms with van der Waals surface area (Å²) in [5.74, 6) is 0. The third-order valence-corrected chi connectivity index (χ3v) is 4.17. The van der Waals surface area contributed by atoms with Crippen molar-refractivity contribution in [2.24, 2.45) is 0 Å². The molecular formula is C16H22BrN3. The molecular weight excluding hydrogens is 314 g/mol. The first-order valence-corrected chi connectivity index (χ1v) is 7.94. The Morgan fingerprint density at radius 2 is 2.00 bits per heavy atom. The maximum absolute atomic E-state index is 4.75. The molecule has 2 aromatic rings. The summed E-state index contributed by atoms with van der Waals surface area (Å²) in [5.41, 5.74) is 4.82. The van der Waals surface area contributed by atoms with Gasteiger partial charge in [0.1, 0.15) is 0 Å². The van der Waals surface area contributed by atoms with Gasteiger partial charge in [-0.15, -0.1) is 0 Å². The van der Waals surface area contributed by atoms with E-state index in [1.807, 2.05) is 7.05 Å². The molecule has 1 aromatic carbocycles. The summed E-state index contributed by atoms with van der Waals surface area (Å²) in [4.78, 5) is 0. The van der Waals surface area contributed by atoms with Crippen LogP contribution in [-0.2, 0) is 12.8 Å². The summed E-state index contributed by atoms with van der Waals surface area (Å²) >= 11 is 3.56. The van der Waals surface area contributed by atoms with Gasteiger partial charge in [0.25, 0.3) is 0 Å². The van der Waals surface area contributed by atoms with Crippen molar-refractivity contribution in [2.45, 2.75) is 39.7 Å². The highest BCUT2D eigenvalue weighted by Gasteiger charge is 2.15. The molecule has 0 amide bonds. The molecule has 2 rings (SSSR count). The zero-order chi connectivity index (χ0) is 14.7. The molecule has 0 aliphatic heterocycles. The van der Waals surface area contributed by atoms with E-state index < -0.39 is 0 Å². The summed E-state index contributed by atoms with van der Waals surface area (Å²) in [5, 5.41) is 8.07. The third-order valence-electron chi connectivity index (χ3n) is 3.68. The molecule has 0 spiro atoms. The van der Waals surface area contributed by atoms with Gasteiger partial charge in [-0.1, -0.05) is 29.8 Å². The lowest BCUT2D eigenvalue weighted by Crippen LogP contribution is -2.16. The molecule has 0 saturated carbocycles. The smallest absolute Gasteiger partial charge is 0.0697 e. The predicted octanol–water partition coefficient (Wildman–Crippen LogP) is 4.04. The molecule has 0 bridgehead atoms. The largest absolute Gasteiger partial charge is 0.313 e. The van der Waals surface area contributed by atoms with E-state index in [0.717, 1.165) is 28.7 Å². The molecule has 0 aliphatic rings. The van der Waals surface area contributed by atoms with Crippen LogP contribution in [0.25, 0.3) is 5.69 Å². The topological polar surface area (TPSA) is 29.9 Å². The van der Waals surface area contributed by atoms with E-state index in [9.17, 15) is 0 Å². The Balaban J connectivity index is 2.59. The lowest BCUT2D eigenvalue weighted by atomic mass is 10.1. The number of aromatic nitrogens is 2. The molecule has 0 saturated heterocycles. The van der Waals surface area contributed by atoms with Gasteiger partial charge < -0.3 is 5.32 Å². The van der Waals surface area contributed by atoms with E-state index in [2.05, 4.69) is 71.0 Å². The Hall–Kier alpha value is -1.13. The maximum atomic E-state index is 4.75. The summed E-state index contributed by atoms with van der Waals surface area (Å²) in [6, 6.07) is 8.87. The van der Waals surface area contributed by atoms with Crippen molar-refractivity contribution in [1.29, 1.82) is 0 Å². The second-order valence-corrected chi connectivity index (χ2v) is 5.88. The number of benzene rings is 1. The molecule has 1 atom stereocenters. The molecule has 1 unspecified atom stereocenters. The fourth-order valence-corrected chi connectivity index (χ4v) is 2.71. The normalized spacial score (nSPS) is 12.7. The van der Waals surface area contributed by atoms with Crippen molar-refractivity contribution in [3.8, 4) is 5.69 Å². The van der Waals surface area contributed by atoms with Gasteiger partial charge in [-0.3, -0.25) is 0 Å². The van der Waals surface area contributed by atoms with Crippen LogP contribution in [0.4, 0.5) is 0 Å². The van der Waals surface area contributed by atoms with Crippen LogP contribution in [0.2, 0.25) is 0 Å². The number of nitrogens with one attached hydrogen (secondary N) is 1. The molecule has 1 aromatic heterocycles. The van der Waals surface area contributed by atoms with Crippen LogP contribution >= 0.6 is 15.9 Å². The number of aryl methyl sites for hydroxylation is 2. The number of hydrogen-bond acceptors (Lipinski definition) is 2. The number of halogens is 1. The van der Waals surface area contributed by atoms with Crippen molar-refractivity contribution in [1.82, 2.24) is 15.1 Å². The van der Waals surface area contributed by atoms with Gasteiger partial charge in [0.2, 0.25) is 0 Å². The van der Waals surface area contributed by atoms with Crippen LogP contribution in [0.5, 0.6) is 0 Å². The molecule has 108 valence electrons. The number of hydrogen-bond donors (Lipinski definition) is 1. The minimum absolute atomic E-state index is 0.279. The Morgan fingerprint density at radius 3 is 2.60 bits per heavy atom. The van der Waals surface area contributed by atoms with E-state index in [4.69, 9.17) is 5.10 Å². The highest BCUT2D eigenvalue weighted by Crippen LogP contribution is 2.26. The Morgan fingerprint density at radius 1 is 1.25 bits per heavy atom. The van der Waals surface area contributed by atoms with E-state index in [1.54, 1.807) is 0 Å². The molecule has 0 radical (unpaired) electrons. The van der Waals surface area contributed by atoms with Crippen molar-refractivity contribution >= 4 is 15.9 Å². The van der Waals surface area contributed by atoms with Crippen molar-refractivity contribution in [3.63, 3.8) is 0 Å². The van der Waals surface area contributed by atoms with Gasteiger partial charge in [-0.2, -0.15) is 5.10 Å². The van der Waals surface area contributed by atoms with Gasteiger partial charge in [0, 0.05) is 16.2 Å². The Labute approximate surface area is 129 Å². The van der Waals surface area contributed by atoms with Crippen LogP contribution in [0.15, 0.2) is 28.7 Å². The van der Waals surface area contributed by atoms with E-state index in [-0.39, 0.29) is 6.04 Å². The van der Waals surface area contributed by atoms with E-state index in [0.29, 0.717) is 0 Å². The quantitative estimate of drug-likeness (QED) is 0.893. The molecule has 3 nitrogen and oxygen atoms in total. The van der Waals surface area contributed by atoms with Crippen LogP contribution in [0.1, 0.15) is 43.8 Å². The lowest BCUT2D eigenvalue weighted by Gasteiger charge is -2.17. The van der Waals surface area contributed by atoms with Crippen LogP contribution in [0, 0.1) is 0 Å². The minimum atomic E-state index is 0.279. The van der Waals surface area contributed by atoms with Crippen LogP contribution in [0.3, 0.4) is 0 Å². The molecule has 4 heteroatoms. The van der Waals surface area contributed by atoms with Gasteiger partial charge in [0.05, 0.1) is 11.4 Å². The molecule has 0 fully saturated rings. The molecule has 1 N–H and O–H groups in total. The number of nitrogens with zero attached hydrogens (tertiary/aromatic N) is 2. The van der Waals surface area contributed by atoms with Gasteiger partial charge in [-0.05, 0) is 56.6 Å². The summed E-state index contributed by atoms with van der Waals surface area (Å²) < 4.78 is 3.19. The fourth-order valence-electron chi connectivity index (χ4n) is 2.33. The lowest BCUT2D eigenvalue weighted by molar-refractivity contribution is 0.640. The Kier molecular flexibility index (Phi) is 5.00. The highest BCUT2D eigenvalue weighted by molar-refractivity contribution is 9.10. The van der Waals surface area contributed by atoms with Crippen LogP contribution in [-0.4, -0.2) is 16.8 Å². The van der Waals surface area contributed by atoms with Gasteiger partial charge >= 0.3 is 0 Å². The summed E-state index contributed by atoms with van der Waals surface area (Å²) in [7, 11) is 1.98. The first-order valence-electron chi connectivity index (χ1n) is 7.15. The summed E-state index contributed by atoms with van der Waals surface area (Å²) in [6.45, 7) is 6.49. The fraction of sp³-hybridized carbons (Fsp3) is 0.438. The zero-order valence-electron chi connectivity index (χ0n) is 12.6. The minimum Gasteiger partial charge on any atom is -0.313 e.